The highest BCUT2D eigenvalue weighted by Crippen LogP contribution is 2.36. The van der Waals surface area contributed by atoms with Gasteiger partial charge in [0.05, 0.1) is 25.1 Å². The van der Waals surface area contributed by atoms with Gasteiger partial charge in [0.1, 0.15) is 0 Å². The van der Waals surface area contributed by atoms with E-state index in [0.717, 1.165) is 52.9 Å². The molecule has 2 atom stereocenters. The number of nitrogens with zero attached hydrogens (tertiary/aromatic N) is 1. The Morgan fingerprint density at radius 2 is 1.66 bits per heavy atom. The summed E-state index contributed by atoms with van der Waals surface area (Å²) in [5.41, 5.74) is 3.98. The predicted octanol–water partition coefficient (Wildman–Crippen LogP) is 5.48. The van der Waals surface area contributed by atoms with Crippen LogP contribution in [0.15, 0.2) is 59.4 Å². The van der Waals surface area contributed by atoms with Gasteiger partial charge in [0.25, 0.3) is 0 Å². The minimum Gasteiger partial charge on any atom is -0.394 e. The van der Waals surface area contributed by atoms with Crippen LogP contribution in [0.3, 0.4) is 0 Å². The van der Waals surface area contributed by atoms with E-state index < -0.39 is 6.04 Å². The highest BCUT2D eigenvalue weighted by molar-refractivity contribution is 7.09. The molecular weight excluding hydrogens is 456 g/mol. The van der Waals surface area contributed by atoms with Gasteiger partial charge in [-0.3, -0.25) is 14.2 Å². The van der Waals surface area contributed by atoms with Crippen LogP contribution in [0.1, 0.15) is 77.7 Å². The largest absolute Gasteiger partial charge is 0.394 e. The topological polar surface area (TPSA) is 71.3 Å². The lowest BCUT2D eigenvalue weighted by atomic mass is 9.80. The number of aromatic nitrogens is 1. The van der Waals surface area contributed by atoms with Crippen LogP contribution in [0.25, 0.3) is 0 Å². The third kappa shape index (κ3) is 6.11. The number of carbonyl (C=O) groups is 1. The molecule has 0 aliphatic heterocycles. The quantitative estimate of drug-likeness (QED) is 0.409. The number of carbonyl (C=O) groups excluding carboxylic acids is 1. The minimum absolute atomic E-state index is 0.0203. The van der Waals surface area contributed by atoms with E-state index in [2.05, 4.69) is 17.4 Å². The predicted molar refractivity (Wildman–Crippen MR) is 142 cm³/mol. The summed E-state index contributed by atoms with van der Waals surface area (Å²) in [6.07, 6.45) is 6.82. The molecule has 0 bridgehead atoms. The van der Waals surface area contributed by atoms with E-state index in [9.17, 15) is 14.7 Å². The van der Waals surface area contributed by atoms with Crippen LogP contribution in [0.4, 0.5) is 0 Å². The first-order valence-electron chi connectivity index (χ1n) is 12.7. The molecule has 0 spiro atoms. The number of amides is 1. The number of rotatable bonds is 8. The summed E-state index contributed by atoms with van der Waals surface area (Å²) in [6.45, 7) is 4.36. The van der Waals surface area contributed by atoms with Gasteiger partial charge in [0.2, 0.25) is 5.91 Å². The Morgan fingerprint density at radius 1 is 1.00 bits per heavy atom. The average molecular weight is 493 g/mol. The van der Waals surface area contributed by atoms with Gasteiger partial charge in [0, 0.05) is 10.6 Å². The van der Waals surface area contributed by atoms with Crippen molar-refractivity contribution in [1.29, 1.82) is 0 Å². The van der Waals surface area contributed by atoms with Crippen LogP contribution in [0.5, 0.6) is 0 Å². The number of nitrogens with one attached hydrogen (secondary N) is 1. The molecule has 0 radical (unpaired) electrons. The molecule has 35 heavy (non-hydrogen) atoms. The Labute approximate surface area is 211 Å². The van der Waals surface area contributed by atoms with E-state index in [-0.39, 0.29) is 29.2 Å². The molecule has 6 heteroatoms. The van der Waals surface area contributed by atoms with Gasteiger partial charge >= 0.3 is 4.87 Å². The molecule has 1 aliphatic rings. The molecule has 4 rings (SSSR count). The maximum absolute atomic E-state index is 13.7. The van der Waals surface area contributed by atoms with Gasteiger partial charge < -0.3 is 10.4 Å². The highest BCUT2D eigenvalue weighted by Gasteiger charge is 2.31. The van der Waals surface area contributed by atoms with Gasteiger partial charge in [-0.25, -0.2) is 0 Å². The van der Waals surface area contributed by atoms with Crippen molar-refractivity contribution in [3.05, 3.63) is 91.5 Å². The molecule has 186 valence electrons. The van der Waals surface area contributed by atoms with E-state index in [4.69, 9.17) is 0 Å². The first-order chi connectivity index (χ1) is 17.0. The molecule has 1 aliphatic carbocycles. The Morgan fingerprint density at radius 3 is 2.23 bits per heavy atom. The van der Waals surface area contributed by atoms with Crippen LogP contribution in [-0.4, -0.2) is 22.2 Å². The van der Waals surface area contributed by atoms with E-state index in [1.807, 2.05) is 60.9 Å². The zero-order chi connectivity index (χ0) is 24.8. The van der Waals surface area contributed by atoms with Crippen molar-refractivity contribution in [3.63, 3.8) is 0 Å². The molecule has 1 unspecified atom stereocenters. The second kappa shape index (κ2) is 11.8. The lowest BCUT2D eigenvalue weighted by Gasteiger charge is -2.28. The monoisotopic (exact) mass is 492 g/mol. The molecule has 2 N–H and O–H groups in total. The summed E-state index contributed by atoms with van der Waals surface area (Å²) >= 11 is 1.29. The normalized spacial score (nSPS) is 16.4. The molecule has 0 saturated heterocycles. The fraction of sp³-hybridized carbons (Fsp3) is 0.448. The molecule has 1 aromatic heterocycles. The van der Waals surface area contributed by atoms with Gasteiger partial charge in [-0.15, -0.1) is 0 Å². The molecule has 2 aromatic carbocycles. The van der Waals surface area contributed by atoms with Crippen molar-refractivity contribution in [3.8, 4) is 0 Å². The summed E-state index contributed by atoms with van der Waals surface area (Å²) in [5, 5.41) is 13.2. The molecule has 1 saturated carbocycles. The van der Waals surface area contributed by atoms with Crippen molar-refractivity contribution in [2.45, 2.75) is 70.9 Å². The van der Waals surface area contributed by atoms with E-state index in [0.29, 0.717) is 6.54 Å². The SMILES string of the molecule is Cc1sc(=O)n(Cc2ccc(C(C(=O)N[C@@H](CO)c3ccccc3)C3CCCCCC3)cc2)c1C. The molecule has 5 nitrogen and oxygen atoms in total. The van der Waals surface area contributed by atoms with E-state index in [1.165, 1.54) is 24.2 Å². The Hall–Kier alpha value is -2.70. The molecular formula is C29H36N2O3S. The summed E-state index contributed by atoms with van der Waals surface area (Å²) < 4.78 is 1.82. The smallest absolute Gasteiger partial charge is 0.307 e. The second-order valence-electron chi connectivity index (χ2n) is 9.72. The fourth-order valence-corrected chi connectivity index (χ4v) is 6.08. The van der Waals surface area contributed by atoms with Gasteiger partial charge in [-0.1, -0.05) is 91.6 Å². The van der Waals surface area contributed by atoms with E-state index in [1.54, 1.807) is 0 Å². The Bertz CT molecular complexity index is 1160. The van der Waals surface area contributed by atoms with Crippen LogP contribution in [-0.2, 0) is 11.3 Å². The number of aliphatic hydroxyl groups excluding tert-OH is 1. The zero-order valence-electron chi connectivity index (χ0n) is 20.7. The first kappa shape index (κ1) is 25.4. The van der Waals surface area contributed by atoms with Gasteiger partial charge in [-0.05, 0) is 49.3 Å². The van der Waals surface area contributed by atoms with Gasteiger partial charge in [-0.2, -0.15) is 0 Å². The van der Waals surface area contributed by atoms with Gasteiger partial charge in [0.15, 0.2) is 0 Å². The maximum atomic E-state index is 13.7. The number of aryl methyl sites for hydroxylation is 1. The lowest BCUT2D eigenvalue weighted by Crippen LogP contribution is -2.37. The number of aliphatic hydroxyl groups is 1. The molecule has 3 aromatic rings. The molecule has 1 fully saturated rings. The van der Waals surface area contributed by atoms with Crippen molar-refractivity contribution in [2.75, 3.05) is 6.61 Å². The molecule has 1 amide bonds. The third-order valence-electron chi connectivity index (χ3n) is 7.41. The number of hydrogen-bond acceptors (Lipinski definition) is 4. The van der Waals surface area contributed by atoms with Crippen LogP contribution in [0.2, 0.25) is 0 Å². The number of hydrogen-bond donors (Lipinski definition) is 2. The van der Waals surface area contributed by atoms with Crippen molar-refractivity contribution in [2.24, 2.45) is 5.92 Å². The van der Waals surface area contributed by atoms with Crippen molar-refractivity contribution < 1.29 is 9.90 Å². The number of benzene rings is 2. The van der Waals surface area contributed by atoms with Crippen LogP contribution in [0, 0.1) is 19.8 Å². The van der Waals surface area contributed by atoms with E-state index >= 15 is 0 Å². The first-order valence-corrected chi connectivity index (χ1v) is 13.5. The maximum Gasteiger partial charge on any atom is 0.307 e. The standard InChI is InChI=1S/C29H36N2O3S/c1-20-21(2)35-29(34)31(20)18-22-14-16-25(17-15-22)27(24-12-6-3-4-7-13-24)28(33)30-26(19-32)23-10-8-5-9-11-23/h5,8-11,14-17,24,26-27,32H,3-4,6-7,12-13,18-19H2,1-2H3,(H,30,33)/t26-,27?/m0/s1. The summed E-state index contributed by atoms with van der Waals surface area (Å²) in [5.74, 6) is 0.00342. The molecule has 1 heterocycles. The summed E-state index contributed by atoms with van der Waals surface area (Å²) in [7, 11) is 0. The van der Waals surface area contributed by atoms with Crippen molar-refractivity contribution in [1.82, 2.24) is 9.88 Å². The fourth-order valence-electron chi connectivity index (χ4n) is 5.25. The lowest BCUT2D eigenvalue weighted by molar-refractivity contribution is -0.125. The summed E-state index contributed by atoms with van der Waals surface area (Å²) in [4.78, 5) is 27.1. The Kier molecular flexibility index (Phi) is 8.58. The Balaban J connectivity index is 1.58. The van der Waals surface area contributed by atoms with Crippen molar-refractivity contribution >= 4 is 17.2 Å². The zero-order valence-corrected chi connectivity index (χ0v) is 21.5. The minimum atomic E-state index is -0.423. The van der Waals surface area contributed by atoms with Crippen LogP contribution < -0.4 is 10.2 Å². The highest BCUT2D eigenvalue weighted by atomic mass is 32.1. The average Bonchev–Trinajstić information content (AvgIpc) is 3.05. The van der Waals surface area contributed by atoms with Crippen LogP contribution >= 0.6 is 11.3 Å². The second-order valence-corrected chi connectivity index (χ2v) is 10.9. The summed E-state index contributed by atoms with van der Waals surface area (Å²) in [6, 6.07) is 17.4. The third-order valence-corrected chi connectivity index (χ3v) is 8.41. The number of thiazole rings is 1.